The molecule has 4 rings (SSSR count). The third kappa shape index (κ3) is 5.22. The van der Waals surface area contributed by atoms with Gasteiger partial charge in [-0.25, -0.2) is 0 Å². The van der Waals surface area contributed by atoms with E-state index in [0.29, 0.717) is 0 Å². The highest BCUT2D eigenvalue weighted by Gasteiger charge is 2.11. The maximum Gasteiger partial charge on any atom is 0.0542 e. The van der Waals surface area contributed by atoms with Crippen LogP contribution in [0.3, 0.4) is 0 Å². The molecular weight excluding hydrogens is 388 g/mol. The summed E-state index contributed by atoms with van der Waals surface area (Å²) in [6.45, 7) is 2.29. The second-order valence-electron chi connectivity index (χ2n) is 8.47. The maximum atomic E-state index is 2.46. The fraction of sp³-hybridized carbons (Fsp3) is 0.481. The van der Waals surface area contributed by atoms with E-state index in [1.165, 1.54) is 112 Å². The van der Waals surface area contributed by atoms with Gasteiger partial charge in [0.25, 0.3) is 0 Å². The molecule has 0 fully saturated rings. The molecule has 0 atom stereocenters. The van der Waals surface area contributed by atoms with Gasteiger partial charge in [0.05, 0.1) is 9.40 Å². The number of hydrogen-bond acceptors (Lipinski definition) is 2. The highest BCUT2D eigenvalue weighted by Crippen LogP contribution is 2.44. The summed E-state index contributed by atoms with van der Waals surface area (Å²) in [7, 11) is 0. The molecule has 2 aromatic heterocycles. The van der Waals surface area contributed by atoms with E-state index in [0.717, 1.165) is 0 Å². The highest BCUT2D eigenvalue weighted by molar-refractivity contribution is 7.36. The summed E-state index contributed by atoms with van der Waals surface area (Å²) in [6, 6.07) is 16.0. The largest absolute Gasteiger partial charge is 0.134 e. The van der Waals surface area contributed by atoms with E-state index in [1.807, 2.05) is 22.7 Å². The standard InChI is InChI=1S/C27H34S2/c1-2-3-4-5-6-7-8-9-10-11-12-15-21-18-19-23-25(20-21)29-26-22-16-13-14-17-24(22)28-27(23)26/h13-14,16-20H,2-12,15H2,1H3. The van der Waals surface area contributed by atoms with Crippen molar-refractivity contribution >= 4 is 52.2 Å². The summed E-state index contributed by atoms with van der Waals surface area (Å²) >= 11 is 3.93. The minimum absolute atomic E-state index is 1.24. The van der Waals surface area contributed by atoms with Crippen LogP contribution in [0.25, 0.3) is 29.6 Å². The van der Waals surface area contributed by atoms with Gasteiger partial charge in [-0.15, -0.1) is 22.7 Å². The minimum atomic E-state index is 1.24. The quantitative estimate of drug-likeness (QED) is 0.199. The lowest BCUT2D eigenvalue weighted by Gasteiger charge is -2.04. The molecule has 0 aliphatic heterocycles. The van der Waals surface area contributed by atoms with Crippen molar-refractivity contribution in [3.8, 4) is 0 Å². The van der Waals surface area contributed by atoms with Crippen LogP contribution in [0.4, 0.5) is 0 Å². The monoisotopic (exact) mass is 422 g/mol. The Labute approximate surface area is 184 Å². The zero-order valence-electron chi connectivity index (χ0n) is 17.8. The Hall–Kier alpha value is -1.38. The molecule has 4 aromatic rings. The van der Waals surface area contributed by atoms with Crippen LogP contribution in [0.5, 0.6) is 0 Å². The first-order chi connectivity index (χ1) is 14.4. The number of unbranched alkanes of at least 4 members (excludes halogenated alkanes) is 10. The number of fused-ring (bicyclic) bond motifs is 5. The van der Waals surface area contributed by atoms with Gasteiger partial charge >= 0.3 is 0 Å². The fourth-order valence-corrected chi connectivity index (χ4v) is 7.12. The third-order valence-electron chi connectivity index (χ3n) is 6.12. The number of thiophene rings is 2. The van der Waals surface area contributed by atoms with Crippen molar-refractivity contribution in [3.05, 3.63) is 48.0 Å². The van der Waals surface area contributed by atoms with E-state index >= 15 is 0 Å². The molecule has 0 radical (unpaired) electrons. The third-order valence-corrected chi connectivity index (χ3v) is 8.64. The summed E-state index contributed by atoms with van der Waals surface area (Å²) in [5, 5.41) is 2.88. The van der Waals surface area contributed by atoms with Gasteiger partial charge < -0.3 is 0 Å². The molecule has 0 saturated heterocycles. The van der Waals surface area contributed by atoms with E-state index in [9.17, 15) is 0 Å². The summed E-state index contributed by atoms with van der Waals surface area (Å²) < 4.78 is 5.85. The van der Waals surface area contributed by atoms with Gasteiger partial charge in [-0.05, 0) is 30.5 Å². The van der Waals surface area contributed by atoms with Crippen LogP contribution in [0.2, 0.25) is 0 Å². The lowest BCUT2D eigenvalue weighted by Crippen LogP contribution is -1.86. The minimum Gasteiger partial charge on any atom is -0.134 e. The number of hydrogen-bond donors (Lipinski definition) is 0. The van der Waals surface area contributed by atoms with Crippen molar-refractivity contribution in [1.29, 1.82) is 0 Å². The molecule has 2 heteroatoms. The fourth-order valence-electron chi connectivity index (χ4n) is 4.40. The molecule has 2 aromatic carbocycles. The van der Waals surface area contributed by atoms with Crippen LogP contribution in [0.15, 0.2) is 42.5 Å². The summed E-state index contributed by atoms with van der Waals surface area (Å²) in [4.78, 5) is 0. The van der Waals surface area contributed by atoms with Gasteiger partial charge in [0.1, 0.15) is 0 Å². The van der Waals surface area contributed by atoms with Crippen LogP contribution < -0.4 is 0 Å². The average molecular weight is 423 g/mol. The zero-order chi connectivity index (χ0) is 19.9. The van der Waals surface area contributed by atoms with Crippen LogP contribution in [0.1, 0.15) is 83.1 Å². The van der Waals surface area contributed by atoms with Gasteiger partial charge in [-0.3, -0.25) is 0 Å². The molecule has 0 amide bonds. The Morgan fingerprint density at radius 3 is 1.90 bits per heavy atom. The van der Waals surface area contributed by atoms with E-state index < -0.39 is 0 Å². The molecule has 0 N–H and O–H groups in total. The van der Waals surface area contributed by atoms with E-state index in [1.54, 1.807) is 0 Å². The van der Waals surface area contributed by atoms with Crippen molar-refractivity contribution in [2.45, 2.75) is 84.0 Å². The lowest BCUT2D eigenvalue weighted by atomic mass is 10.0. The SMILES string of the molecule is CCCCCCCCCCCCCc1ccc2c(c1)sc1c3ccccc3sc21. The lowest BCUT2D eigenvalue weighted by molar-refractivity contribution is 0.549. The zero-order valence-corrected chi connectivity index (χ0v) is 19.5. The Bertz CT molecular complexity index is 1040. The van der Waals surface area contributed by atoms with Gasteiger partial charge in [0.2, 0.25) is 0 Å². The van der Waals surface area contributed by atoms with Crippen LogP contribution >= 0.6 is 22.7 Å². The second kappa shape index (κ2) is 10.6. The van der Waals surface area contributed by atoms with Crippen molar-refractivity contribution in [3.63, 3.8) is 0 Å². The van der Waals surface area contributed by atoms with Gasteiger partial charge in [0, 0.05) is 20.2 Å². The van der Waals surface area contributed by atoms with Gasteiger partial charge in [-0.2, -0.15) is 0 Å². The van der Waals surface area contributed by atoms with Crippen LogP contribution in [-0.2, 0) is 6.42 Å². The number of aryl methyl sites for hydroxylation is 1. The van der Waals surface area contributed by atoms with E-state index in [-0.39, 0.29) is 0 Å². The van der Waals surface area contributed by atoms with Crippen molar-refractivity contribution in [2.24, 2.45) is 0 Å². The molecular formula is C27H34S2. The van der Waals surface area contributed by atoms with Crippen molar-refractivity contribution in [1.82, 2.24) is 0 Å². The maximum absolute atomic E-state index is 2.46. The number of benzene rings is 2. The molecule has 154 valence electrons. The highest BCUT2D eigenvalue weighted by atomic mass is 32.1. The summed E-state index contributed by atoms with van der Waals surface area (Å²) in [6.07, 6.45) is 16.8. The van der Waals surface area contributed by atoms with Gasteiger partial charge in [0.15, 0.2) is 0 Å². The molecule has 0 unspecified atom stereocenters. The van der Waals surface area contributed by atoms with Crippen LogP contribution in [0, 0.1) is 0 Å². The molecule has 0 bridgehead atoms. The molecule has 0 nitrogen and oxygen atoms in total. The second-order valence-corrected chi connectivity index (χ2v) is 10.6. The van der Waals surface area contributed by atoms with Gasteiger partial charge in [-0.1, -0.05) is 101 Å². The predicted octanol–water partition coefficient (Wildman–Crippen LogP) is 10.1. The van der Waals surface area contributed by atoms with E-state index in [4.69, 9.17) is 0 Å². The van der Waals surface area contributed by atoms with Crippen molar-refractivity contribution < 1.29 is 0 Å². The first-order valence-electron chi connectivity index (χ1n) is 11.7. The first kappa shape index (κ1) is 20.9. The Morgan fingerprint density at radius 1 is 0.586 bits per heavy atom. The normalized spacial score (nSPS) is 11.9. The van der Waals surface area contributed by atoms with Crippen LogP contribution in [-0.4, -0.2) is 0 Å². The Kier molecular flexibility index (Phi) is 7.62. The molecule has 2 heterocycles. The van der Waals surface area contributed by atoms with E-state index in [2.05, 4.69) is 49.4 Å². The molecule has 0 aliphatic carbocycles. The Balaban J connectivity index is 1.23. The smallest absolute Gasteiger partial charge is 0.0542 e. The molecule has 0 saturated carbocycles. The molecule has 0 aliphatic rings. The summed E-state index contributed by atoms with van der Waals surface area (Å²) in [5.74, 6) is 0. The number of rotatable bonds is 12. The Morgan fingerprint density at radius 2 is 1.17 bits per heavy atom. The predicted molar refractivity (Wildman–Crippen MR) is 135 cm³/mol. The topological polar surface area (TPSA) is 0 Å². The first-order valence-corrected chi connectivity index (χ1v) is 13.3. The molecule has 0 spiro atoms. The average Bonchev–Trinajstić information content (AvgIpc) is 3.27. The summed E-state index contributed by atoms with van der Waals surface area (Å²) in [5.41, 5.74) is 1.52. The van der Waals surface area contributed by atoms with Crippen molar-refractivity contribution in [2.75, 3.05) is 0 Å². The molecule has 29 heavy (non-hydrogen) atoms.